The number of hydrogen-bond donors (Lipinski definition) is 0. The number of thiophene rings is 1. The molecule has 0 unspecified atom stereocenters. The number of rotatable bonds is 5. The molecule has 3 heterocycles. The standard InChI is InChI=1S/C16H23NO6S3/c1-2-23-16(18)12-5-7-17(8-6-12)13-10-25(19,20)11-14(13)26(21,22)15-4-3-9-24-15/h3-4,9,12-14H,2,5-8,10-11H2,1H3/t13-,14-/m0/s1. The van der Waals surface area contributed by atoms with E-state index in [0.29, 0.717) is 32.5 Å². The average Bonchev–Trinajstić information content (AvgIpc) is 3.23. The second-order valence-electron chi connectivity index (χ2n) is 6.72. The maximum absolute atomic E-state index is 12.9. The molecule has 2 aliphatic heterocycles. The molecule has 0 aromatic carbocycles. The van der Waals surface area contributed by atoms with Gasteiger partial charge in [-0.1, -0.05) is 6.07 Å². The molecule has 2 atom stereocenters. The summed E-state index contributed by atoms with van der Waals surface area (Å²) >= 11 is 1.11. The van der Waals surface area contributed by atoms with Crippen LogP contribution in [-0.2, 0) is 29.2 Å². The third-order valence-corrected chi connectivity index (χ3v) is 10.6. The SMILES string of the molecule is CCOC(=O)C1CCN([C@H]2CS(=O)(=O)C[C@@H]2S(=O)(=O)c2cccs2)CC1. The lowest BCUT2D eigenvalue weighted by Gasteiger charge is -2.36. The minimum Gasteiger partial charge on any atom is -0.466 e. The van der Waals surface area contributed by atoms with Gasteiger partial charge in [0, 0.05) is 6.04 Å². The zero-order valence-electron chi connectivity index (χ0n) is 14.5. The highest BCUT2D eigenvalue weighted by Crippen LogP contribution is 2.33. The molecule has 3 rings (SSSR count). The Kier molecular flexibility index (Phi) is 5.76. The molecular weight excluding hydrogens is 398 g/mol. The van der Waals surface area contributed by atoms with Gasteiger partial charge in [-0.2, -0.15) is 0 Å². The summed E-state index contributed by atoms with van der Waals surface area (Å²) in [6.45, 7) is 3.09. The second kappa shape index (κ2) is 7.57. The number of hydrogen-bond acceptors (Lipinski definition) is 8. The van der Waals surface area contributed by atoms with Gasteiger partial charge in [0.05, 0.1) is 29.3 Å². The van der Waals surface area contributed by atoms with Crippen LogP contribution in [0.1, 0.15) is 19.8 Å². The molecule has 1 aromatic rings. The normalized spacial score (nSPS) is 27.4. The van der Waals surface area contributed by atoms with Crippen molar-refractivity contribution in [3.05, 3.63) is 17.5 Å². The van der Waals surface area contributed by atoms with Crippen molar-refractivity contribution >= 4 is 37.0 Å². The summed E-state index contributed by atoms with van der Waals surface area (Å²) in [4.78, 5) is 13.8. The molecule has 146 valence electrons. The molecule has 26 heavy (non-hydrogen) atoms. The Morgan fingerprint density at radius 2 is 2.00 bits per heavy atom. The third kappa shape index (κ3) is 3.97. The summed E-state index contributed by atoms with van der Waals surface area (Å²) < 4.78 is 55.6. The lowest BCUT2D eigenvalue weighted by Crippen LogP contribution is -2.50. The zero-order chi connectivity index (χ0) is 18.9. The predicted octanol–water partition coefficient (Wildman–Crippen LogP) is 0.963. The van der Waals surface area contributed by atoms with Gasteiger partial charge in [0.2, 0.25) is 0 Å². The summed E-state index contributed by atoms with van der Waals surface area (Å²) in [5.41, 5.74) is 0. The number of esters is 1. The number of piperidine rings is 1. The highest BCUT2D eigenvalue weighted by molar-refractivity contribution is 7.97. The molecule has 1 aromatic heterocycles. The Morgan fingerprint density at radius 3 is 2.58 bits per heavy atom. The lowest BCUT2D eigenvalue weighted by molar-refractivity contribution is -0.149. The van der Waals surface area contributed by atoms with Gasteiger partial charge in [0.1, 0.15) is 4.21 Å². The minimum atomic E-state index is -3.70. The smallest absolute Gasteiger partial charge is 0.309 e. The van der Waals surface area contributed by atoms with E-state index in [9.17, 15) is 21.6 Å². The Hall–Kier alpha value is -0.970. The van der Waals surface area contributed by atoms with E-state index in [1.54, 1.807) is 18.4 Å². The van der Waals surface area contributed by atoms with Crippen LogP contribution in [0, 0.1) is 5.92 Å². The Balaban J connectivity index is 1.77. The molecule has 7 nitrogen and oxygen atoms in total. The Bertz CT molecular complexity index is 839. The fourth-order valence-corrected chi connectivity index (χ4v) is 9.79. The van der Waals surface area contributed by atoms with E-state index < -0.39 is 31.0 Å². The Labute approximate surface area is 158 Å². The summed E-state index contributed by atoms with van der Waals surface area (Å²) in [6.07, 6.45) is 1.11. The largest absolute Gasteiger partial charge is 0.466 e. The van der Waals surface area contributed by atoms with E-state index in [1.807, 2.05) is 4.90 Å². The summed E-state index contributed by atoms with van der Waals surface area (Å²) in [7, 11) is -7.11. The van der Waals surface area contributed by atoms with Gasteiger partial charge in [-0.25, -0.2) is 16.8 Å². The van der Waals surface area contributed by atoms with Crippen molar-refractivity contribution in [2.24, 2.45) is 5.92 Å². The molecule has 0 N–H and O–H groups in total. The van der Waals surface area contributed by atoms with Crippen molar-refractivity contribution < 1.29 is 26.4 Å². The van der Waals surface area contributed by atoms with Crippen LogP contribution in [0.3, 0.4) is 0 Å². The van der Waals surface area contributed by atoms with Crippen molar-refractivity contribution in [1.82, 2.24) is 4.90 Å². The van der Waals surface area contributed by atoms with Crippen LogP contribution < -0.4 is 0 Å². The van der Waals surface area contributed by atoms with Crippen LogP contribution in [0.25, 0.3) is 0 Å². The topological polar surface area (TPSA) is 97.8 Å². The van der Waals surface area contributed by atoms with Crippen molar-refractivity contribution in [2.45, 2.75) is 35.3 Å². The van der Waals surface area contributed by atoms with Gasteiger partial charge in [-0.3, -0.25) is 9.69 Å². The number of carbonyl (C=O) groups excluding carboxylic acids is 1. The van der Waals surface area contributed by atoms with Crippen molar-refractivity contribution in [3.63, 3.8) is 0 Å². The zero-order valence-corrected chi connectivity index (χ0v) is 17.0. The molecule has 0 amide bonds. The molecule has 2 saturated heterocycles. The van der Waals surface area contributed by atoms with Crippen LogP contribution in [0.2, 0.25) is 0 Å². The predicted molar refractivity (Wildman–Crippen MR) is 98.7 cm³/mol. The van der Waals surface area contributed by atoms with E-state index in [1.165, 1.54) is 6.07 Å². The van der Waals surface area contributed by atoms with Crippen LogP contribution in [-0.4, -0.2) is 70.2 Å². The maximum atomic E-state index is 12.9. The van der Waals surface area contributed by atoms with Crippen LogP contribution in [0.5, 0.6) is 0 Å². The van der Waals surface area contributed by atoms with Gasteiger partial charge >= 0.3 is 5.97 Å². The summed E-state index contributed by atoms with van der Waals surface area (Å²) in [5.74, 6) is -0.910. The fraction of sp³-hybridized carbons (Fsp3) is 0.688. The average molecular weight is 422 g/mol. The van der Waals surface area contributed by atoms with E-state index in [-0.39, 0.29) is 27.6 Å². The van der Waals surface area contributed by atoms with Gasteiger partial charge in [-0.15, -0.1) is 11.3 Å². The highest BCUT2D eigenvalue weighted by atomic mass is 32.2. The molecule has 0 spiro atoms. The molecule has 2 fully saturated rings. The molecule has 0 saturated carbocycles. The van der Waals surface area contributed by atoms with Crippen molar-refractivity contribution in [3.8, 4) is 0 Å². The summed E-state index contributed by atoms with van der Waals surface area (Å²) in [5, 5.41) is 0.723. The molecular formula is C16H23NO6S3. The molecule has 0 radical (unpaired) electrons. The van der Waals surface area contributed by atoms with Gasteiger partial charge in [0.15, 0.2) is 19.7 Å². The summed E-state index contributed by atoms with van der Waals surface area (Å²) in [6, 6.07) is 2.62. The number of carbonyl (C=O) groups is 1. The number of nitrogens with zero attached hydrogens (tertiary/aromatic N) is 1. The van der Waals surface area contributed by atoms with Gasteiger partial charge in [-0.05, 0) is 44.3 Å². The number of sulfone groups is 2. The highest BCUT2D eigenvalue weighted by Gasteiger charge is 2.49. The first kappa shape index (κ1) is 19.8. The van der Waals surface area contributed by atoms with E-state index >= 15 is 0 Å². The first-order valence-corrected chi connectivity index (χ1v) is 12.9. The van der Waals surface area contributed by atoms with Crippen molar-refractivity contribution in [2.75, 3.05) is 31.2 Å². The first-order chi connectivity index (χ1) is 12.2. The van der Waals surface area contributed by atoms with Gasteiger partial charge in [0.25, 0.3) is 0 Å². The van der Waals surface area contributed by atoms with Crippen LogP contribution in [0.15, 0.2) is 21.7 Å². The molecule has 0 bridgehead atoms. The molecule has 10 heteroatoms. The number of likely N-dealkylation sites (tertiary alicyclic amines) is 1. The quantitative estimate of drug-likeness (QED) is 0.653. The second-order valence-corrected chi connectivity index (χ2v) is 12.2. The Morgan fingerprint density at radius 1 is 1.31 bits per heavy atom. The number of ether oxygens (including phenoxy) is 1. The van der Waals surface area contributed by atoms with Crippen molar-refractivity contribution in [1.29, 1.82) is 0 Å². The third-order valence-electron chi connectivity index (χ3n) is 5.06. The maximum Gasteiger partial charge on any atom is 0.309 e. The van der Waals surface area contributed by atoms with Crippen LogP contribution >= 0.6 is 11.3 Å². The van der Waals surface area contributed by atoms with Gasteiger partial charge < -0.3 is 4.74 Å². The molecule has 0 aliphatic carbocycles. The first-order valence-electron chi connectivity index (χ1n) is 8.63. The monoisotopic (exact) mass is 421 g/mol. The van der Waals surface area contributed by atoms with E-state index in [0.717, 1.165) is 11.3 Å². The van der Waals surface area contributed by atoms with Crippen LogP contribution in [0.4, 0.5) is 0 Å². The minimum absolute atomic E-state index is 0.146. The lowest BCUT2D eigenvalue weighted by atomic mass is 9.95. The fourth-order valence-electron chi connectivity index (χ4n) is 3.74. The van der Waals surface area contributed by atoms with E-state index in [2.05, 4.69) is 0 Å². The molecule has 2 aliphatic rings. The van der Waals surface area contributed by atoms with E-state index in [4.69, 9.17) is 4.74 Å².